The molecule has 0 aliphatic rings. The molecule has 2 rings (SSSR count). The van der Waals surface area contributed by atoms with Crippen LogP contribution in [0.3, 0.4) is 0 Å². The Kier molecular flexibility index (Phi) is 5.18. The highest BCUT2D eigenvalue weighted by atomic mass is 35.5. The molecule has 1 unspecified atom stereocenters. The zero-order valence-corrected chi connectivity index (χ0v) is 12.5. The second kappa shape index (κ2) is 6.89. The molecule has 0 aliphatic heterocycles. The Balaban J connectivity index is 2.21. The molecule has 3 heteroatoms. The first kappa shape index (κ1) is 15.0. The summed E-state index contributed by atoms with van der Waals surface area (Å²) in [6, 6.07) is 13.7. The number of benzene rings is 2. The maximum absolute atomic E-state index is 10.5. The zero-order chi connectivity index (χ0) is 14.5. The van der Waals surface area contributed by atoms with E-state index in [9.17, 15) is 5.11 Å². The van der Waals surface area contributed by atoms with Gasteiger partial charge in [-0.25, -0.2) is 0 Å². The normalized spacial score (nSPS) is 12.4. The topological polar surface area (TPSA) is 29.5 Å². The fourth-order valence-electron chi connectivity index (χ4n) is 2.28. The Morgan fingerprint density at radius 1 is 1.15 bits per heavy atom. The molecule has 106 valence electrons. The maximum atomic E-state index is 10.5. The average molecular weight is 291 g/mol. The highest BCUT2D eigenvalue weighted by Gasteiger charge is 2.14. The number of ether oxygens (including phenoxy) is 1. The molecule has 0 saturated carbocycles. The third kappa shape index (κ3) is 3.60. The fraction of sp³-hybridized carbons (Fsp3) is 0.294. The van der Waals surface area contributed by atoms with Gasteiger partial charge >= 0.3 is 0 Å². The molecule has 0 aromatic heterocycles. The van der Waals surface area contributed by atoms with Crippen LogP contribution in [0.15, 0.2) is 42.5 Å². The van der Waals surface area contributed by atoms with Crippen LogP contribution >= 0.6 is 11.6 Å². The Morgan fingerprint density at radius 2 is 1.90 bits per heavy atom. The molecule has 0 heterocycles. The van der Waals surface area contributed by atoms with Gasteiger partial charge in [-0.05, 0) is 35.2 Å². The number of halogens is 1. The highest BCUT2D eigenvalue weighted by molar-refractivity contribution is 6.31. The molecule has 20 heavy (non-hydrogen) atoms. The van der Waals surface area contributed by atoms with Crippen molar-refractivity contribution in [2.75, 3.05) is 7.11 Å². The molecule has 0 radical (unpaired) electrons. The fourth-order valence-corrected chi connectivity index (χ4v) is 2.59. The lowest BCUT2D eigenvalue weighted by molar-refractivity contribution is 0.161. The van der Waals surface area contributed by atoms with Crippen molar-refractivity contribution in [1.29, 1.82) is 0 Å². The smallest absolute Gasteiger partial charge is 0.0834 e. The van der Waals surface area contributed by atoms with Gasteiger partial charge in [-0.1, -0.05) is 48.0 Å². The van der Waals surface area contributed by atoms with Crippen LogP contribution in [0.25, 0.3) is 0 Å². The van der Waals surface area contributed by atoms with E-state index in [1.165, 1.54) is 0 Å². The number of methoxy groups -OCH3 is 1. The van der Waals surface area contributed by atoms with Crippen molar-refractivity contribution in [2.45, 2.75) is 26.1 Å². The molecule has 0 aliphatic carbocycles. The first-order valence-electron chi connectivity index (χ1n) is 6.61. The summed E-state index contributed by atoms with van der Waals surface area (Å²) in [5.41, 5.74) is 3.97. The van der Waals surface area contributed by atoms with Crippen LogP contribution in [-0.2, 0) is 17.8 Å². The molecular formula is C17H19ClO2. The average Bonchev–Trinajstić information content (AvgIpc) is 2.43. The van der Waals surface area contributed by atoms with E-state index in [4.69, 9.17) is 16.3 Å². The van der Waals surface area contributed by atoms with Gasteiger partial charge < -0.3 is 9.84 Å². The molecule has 0 amide bonds. The first-order valence-corrected chi connectivity index (χ1v) is 6.99. The van der Waals surface area contributed by atoms with Gasteiger partial charge in [0.15, 0.2) is 0 Å². The Morgan fingerprint density at radius 3 is 2.60 bits per heavy atom. The standard InChI is InChI=1S/C17H19ClO2/c1-12-7-8-13(16(18)9-12)10-17(19)15-6-4-3-5-14(15)11-20-2/h3-9,17,19H,10-11H2,1-2H3. The summed E-state index contributed by atoms with van der Waals surface area (Å²) in [5.74, 6) is 0. The minimum absolute atomic E-state index is 0.495. The van der Waals surface area contributed by atoms with Gasteiger partial charge in [0.1, 0.15) is 0 Å². The highest BCUT2D eigenvalue weighted by Crippen LogP contribution is 2.26. The summed E-state index contributed by atoms with van der Waals surface area (Å²) in [6.45, 7) is 2.49. The molecule has 1 atom stereocenters. The van der Waals surface area contributed by atoms with E-state index in [0.717, 1.165) is 22.3 Å². The summed E-state index contributed by atoms with van der Waals surface area (Å²) in [4.78, 5) is 0. The van der Waals surface area contributed by atoms with E-state index < -0.39 is 6.10 Å². The molecule has 2 aromatic rings. The van der Waals surface area contributed by atoms with Crippen LogP contribution in [0.2, 0.25) is 5.02 Å². The summed E-state index contributed by atoms with van der Waals surface area (Å²) in [6.07, 6.45) is -0.0821. The Hall–Kier alpha value is -1.35. The lowest BCUT2D eigenvalue weighted by atomic mass is 9.97. The molecule has 0 bridgehead atoms. The monoisotopic (exact) mass is 290 g/mol. The lowest BCUT2D eigenvalue weighted by Crippen LogP contribution is -2.06. The summed E-state index contributed by atoms with van der Waals surface area (Å²) in [5, 5.41) is 11.2. The number of aliphatic hydroxyl groups is 1. The number of hydrogen-bond acceptors (Lipinski definition) is 2. The van der Waals surface area contributed by atoms with Crippen molar-refractivity contribution in [3.63, 3.8) is 0 Å². The minimum atomic E-state index is -0.582. The quantitative estimate of drug-likeness (QED) is 0.899. The van der Waals surface area contributed by atoms with Gasteiger partial charge in [-0.15, -0.1) is 0 Å². The van der Waals surface area contributed by atoms with Gasteiger partial charge in [0.2, 0.25) is 0 Å². The van der Waals surface area contributed by atoms with E-state index >= 15 is 0 Å². The predicted molar refractivity (Wildman–Crippen MR) is 82.0 cm³/mol. The zero-order valence-electron chi connectivity index (χ0n) is 11.8. The number of rotatable bonds is 5. The maximum Gasteiger partial charge on any atom is 0.0834 e. The first-order chi connectivity index (χ1) is 9.61. The summed E-state index contributed by atoms with van der Waals surface area (Å²) >= 11 is 6.23. The third-order valence-electron chi connectivity index (χ3n) is 3.34. The van der Waals surface area contributed by atoms with E-state index in [2.05, 4.69) is 0 Å². The number of aryl methyl sites for hydroxylation is 1. The Labute approximate surface area is 125 Å². The molecule has 0 saturated heterocycles. The van der Waals surface area contributed by atoms with Crippen LogP contribution < -0.4 is 0 Å². The molecular weight excluding hydrogens is 272 g/mol. The minimum Gasteiger partial charge on any atom is -0.388 e. The van der Waals surface area contributed by atoms with Crippen molar-refractivity contribution in [3.8, 4) is 0 Å². The van der Waals surface area contributed by atoms with Crippen molar-refractivity contribution >= 4 is 11.6 Å². The number of hydrogen-bond donors (Lipinski definition) is 1. The van der Waals surface area contributed by atoms with Crippen LogP contribution in [-0.4, -0.2) is 12.2 Å². The van der Waals surface area contributed by atoms with E-state index in [0.29, 0.717) is 18.1 Å². The molecule has 1 N–H and O–H groups in total. The second-order valence-electron chi connectivity index (χ2n) is 4.95. The van der Waals surface area contributed by atoms with E-state index in [1.807, 2.05) is 49.4 Å². The van der Waals surface area contributed by atoms with E-state index in [-0.39, 0.29) is 0 Å². The van der Waals surface area contributed by atoms with Gasteiger partial charge in [0, 0.05) is 18.6 Å². The SMILES string of the molecule is COCc1ccccc1C(O)Cc1ccc(C)cc1Cl. The van der Waals surface area contributed by atoms with Crippen molar-refractivity contribution in [2.24, 2.45) is 0 Å². The molecule has 2 nitrogen and oxygen atoms in total. The predicted octanol–water partition coefficient (Wildman–Crippen LogP) is 4.07. The van der Waals surface area contributed by atoms with E-state index in [1.54, 1.807) is 7.11 Å². The van der Waals surface area contributed by atoms with Gasteiger partial charge in [-0.2, -0.15) is 0 Å². The molecule has 0 fully saturated rings. The van der Waals surface area contributed by atoms with Gasteiger partial charge in [-0.3, -0.25) is 0 Å². The largest absolute Gasteiger partial charge is 0.388 e. The van der Waals surface area contributed by atoms with Crippen molar-refractivity contribution in [1.82, 2.24) is 0 Å². The van der Waals surface area contributed by atoms with Crippen LogP contribution in [0.1, 0.15) is 28.4 Å². The second-order valence-corrected chi connectivity index (χ2v) is 5.35. The third-order valence-corrected chi connectivity index (χ3v) is 3.69. The summed E-state index contributed by atoms with van der Waals surface area (Å²) in [7, 11) is 1.65. The van der Waals surface area contributed by atoms with Gasteiger partial charge in [0.25, 0.3) is 0 Å². The van der Waals surface area contributed by atoms with Crippen molar-refractivity contribution < 1.29 is 9.84 Å². The molecule has 0 spiro atoms. The number of aliphatic hydroxyl groups excluding tert-OH is 1. The lowest BCUT2D eigenvalue weighted by Gasteiger charge is -2.16. The Bertz CT molecular complexity index is 581. The molecule has 2 aromatic carbocycles. The van der Waals surface area contributed by atoms with Gasteiger partial charge in [0.05, 0.1) is 12.7 Å². The van der Waals surface area contributed by atoms with Crippen LogP contribution in [0, 0.1) is 6.92 Å². The van der Waals surface area contributed by atoms with Crippen LogP contribution in [0.4, 0.5) is 0 Å². The van der Waals surface area contributed by atoms with Crippen molar-refractivity contribution in [3.05, 3.63) is 69.7 Å². The summed E-state index contributed by atoms with van der Waals surface area (Å²) < 4.78 is 5.17. The van der Waals surface area contributed by atoms with Crippen LogP contribution in [0.5, 0.6) is 0 Å².